The molecule has 2 heterocycles. The van der Waals surface area contributed by atoms with E-state index in [2.05, 4.69) is 10.3 Å². The van der Waals surface area contributed by atoms with E-state index in [1.807, 2.05) is 19.2 Å². The second-order valence-corrected chi connectivity index (χ2v) is 8.12. The molecular formula is C13H21N3O3S2. The van der Waals surface area contributed by atoms with Gasteiger partial charge in [0.1, 0.15) is 6.04 Å². The summed E-state index contributed by atoms with van der Waals surface area (Å²) in [5, 5.41) is 5.11. The maximum atomic E-state index is 12.4. The van der Waals surface area contributed by atoms with Gasteiger partial charge in [-0.15, -0.1) is 11.3 Å². The summed E-state index contributed by atoms with van der Waals surface area (Å²) >= 11 is 1.35. The van der Waals surface area contributed by atoms with Gasteiger partial charge in [0.05, 0.1) is 11.4 Å². The van der Waals surface area contributed by atoms with Crippen molar-refractivity contribution in [2.45, 2.75) is 45.6 Å². The molecule has 0 radical (unpaired) electrons. The maximum absolute atomic E-state index is 12.4. The number of hydrogen-bond donors (Lipinski definition) is 1. The monoisotopic (exact) mass is 331 g/mol. The molecule has 0 spiro atoms. The molecule has 1 saturated heterocycles. The Morgan fingerprint density at radius 2 is 2.29 bits per heavy atom. The topological polar surface area (TPSA) is 79.4 Å². The summed E-state index contributed by atoms with van der Waals surface area (Å²) in [6.45, 7) is 4.11. The van der Waals surface area contributed by atoms with Crippen LogP contribution in [0.3, 0.4) is 0 Å². The fourth-order valence-corrected chi connectivity index (χ4v) is 4.91. The van der Waals surface area contributed by atoms with Crippen molar-refractivity contribution in [2.24, 2.45) is 0 Å². The van der Waals surface area contributed by atoms with E-state index in [1.54, 1.807) is 0 Å². The molecule has 1 fully saturated rings. The lowest BCUT2D eigenvalue weighted by Gasteiger charge is -2.33. The number of piperidine rings is 1. The van der Waals surface area contributed by atoms with Gasteiger partial charge in [-0.3, -0.25) is 4.79 Å². The van der Waals surface area contributed by atoms with E-state index in [4.69, 9.17) is 0 Å². The van der Waals surface area contributed by atoms with Gasteiger partial charge >= 0.3 is 0 Å². The molecule has 1 aliphatic rings. The highest BCUT2D eigenvalue weighted by atomic mass is 32.2. The van der Waals surface area contributed by atoms with Crippen LogP contribution in [0.25, 0.3) is 0 Å². The minimum absolute atomic E-state index is 0.0904. The number of sulfonamides is 1. The van der Waals surface area contributed by atoms with Crippen LogP contribution in [0.1, 0.15) is 38.3 Å². The molecular weight excluding hydrogens is 310 g/mol. The maximum Gasteiger partial charge on any atom is 0.244 e. The number of anilines is 1. The highest BCUT2D eigenvalue weighted by Crippen LogP contribution is 2.23. The Labute approximate surface area is 129 Å². The number of nitrogens with zero attached hydrogens (tertiary/aromatic N) is 2. The van der Waals surface area contributed by atoms with Crippen molar-refractivity contribution in [3.8, 4) is 0 Å². The van der Waals surface area contributed by atoms with Crippen LogP contribution in [0.4, 0.5) is 5.13 Å². The summed E-state index contributed by atoms with van der Waals surface area (Å²) in [5.74, 6) is -0.184. The van der Waals surface area contributed by atoms with Crippen LogP contribution >= 0.6 is 11.3 Å². The van der Waals surface area contributed by atoms with E-state index in [9.17, 15) is 13.2 Å². The second kappa shape index (κ2) is 6.85. The van der Waals surface area contributed by atoms with Crippen LogP contribution in [0, 0.1) is 6.92 Å². The largest absolute Gasteiger partial charge is 0.301 e. The number of rotatable bonds is 5. The smallest absolute Gasteiger partial charge is 0.244 e. The van der Waals surface area contributed by atoms with E-state index in [-0.39, 0.29) is 11.7 Å². The second-order valence-electron chi connectivity index (χ2n) is 5.22. The molecule has 1 aromatic heterocycles. The third-order valence-electron chi connectivity index (χ3n) is 3.42. The zero-order chi connectivity index (χ0) is 15.5. The third-order valence-corrected chi connectivity index (χ3v) is 6.38. The van der Waals surface area contributed by atoms with Crippen LogP contribution in [-0.4, -0.2) is 42.0 Å². The van der Waals surface area contributed by atoms with Crippen LogP contribution in [0.5, 0.6) is 0 Å². The number of aryl methyl sites for hydroxylation is 1. The summed E-state index contributed by atoms with van der Waals surface area (Å²) in [7, 11) is -3.36. The fourth-order valence-electron chi connectivity index (χ4n) is 2.48. The predicted molar refractivity (Wildman–Crippen MR) is 83.9 cm³/mol. The lowest BCUT2D eigenvalue weighted by Crippen LogP contribution is -2.50. The van der Waals surface area contributed by atoms with E-state index in [1.165, 1.54) is 15.6 Å². The van der Waals surface area contributed by atoms with Gasteiger partial charge in [-0.2, -0.15) is 4.31 Å². The highest BCUT2D eigenvalue weighted by Gasteiger charge is 2.36. The molecule has 0 saturated carbocycles. The summed E-state index contributed by atoms with van der Waals surface area (Å²) in [5.41, 5.74) is 0.842. The zero-order valence-corrected chi connectivity index (χ0v) is 14.0. The lowest BCUT2D eigenvalue weighted by atomic mass is 10.0. The Morgan fingerprint density at radius 1 is 1.52 bits per heavy atom. The van der Waals surface area contributed by atoms with Crippen molar-refractivity contribution in [1.82, 2.24) is 9.29 Å². The minimum Gasteiger partial charge on any atom is -0.301 e. The van der Waals surface area contributed by atoms with Gasteiger partial charge in [0.15, 0.2) is 5.13 Å². The number of aromatic nitrogens is 1. The Kier molecular flexibility index (Phi) is 5.34. The fraction of sp³-hybridized carbons (Fsp3) is 0.692. The van der Waals surface area contributed by atoms with E-state index in [0.29, 0.717) is 24.5 Å². The van der Waals surface area contributed by atoms with Gasteiger partial charge in [0.25, 0.3) is 0 Å². The summed E-state index contributed by atoms with van der Waals surface area (Å²) in [4.78, 5) is 16.6. The molecule has 1 aromatic rings. The Hall–Kier alpha value is -0.990. The molecule has 0 aliphatic carbocycles. The van der Waals surface area contributed by atoms with Crippen LogP contribution in [0.15, 0.2) is 5.38 Å². The number of nitrogens with one attached hydrogen (secondary N) is 1. The standard InChI is InChI=1S/C13H21N3O3S2/c1-3-8-21(18,19)16-7-5-4-6-11(16)12(17)15-13-14-10(2)9-20-13/h9,11H,3-8H2,1-2H3,(H,14,15,17). The Bertz CT molecular complexity index is 598. The number of amides is 1. The first kappa shape index (κ1) is 16.4. The van der Waals surface area contributed by atoms with Gasteiger partial charge in [-0.05, 0) is 26.2 Å². The molecule has 1 unspecified atom stereocenters. The molecule has 6 nitrogen and oxygen atoms in total. The molecule has 1 amide bonds. The molecule has 21 heavy (non-hydrogen) atoms. The highest BCUT2D eigenvalue weighted by molar-refractivity contribution is 7.89. The van der Waals surface area contributed by atoms with Crippen molar-refractivity contribution in [2.75, 3.05) is 17.6 Å². The summed E-state index contributed by atoms with van der Waals surface area (Å²) in [6, 6.07) is -0.612. The molecule has 1 aliphatic heterocycles. The average Bonchev–Trinajstić information content (AvgIpc) is 2.84. The Morgan fingerprint density at radius 3 is 2.90 bits per heavy atom. The van der Waals surface area contributed by atoms with Gasteiger partial charge in [-0.1, -0.05) is 13.3 Å². The van der Waals surface area contributed by atoms with Crippen molar-refractivity contribution < 1.29 is 13.2 Å². The van der Waals surface area contributed by atoms with Crippen molar-refractivity contribution in [3.63, 3.8) is 0 Å². The van der Waals surface area contributed by atoms with Gasteiger partial charge in [0, 0.05) is 11.9 Å². The average molecular weight is 331 g/mol. The van der Waals surface area contributed by atoms with Crippen molar-refractivity contribution >= 4 is 32.4 Å². The zero-order valence-electron chi connectivity index (χ0n) is 12.3. The number of carbonyl (C=O) groups excluding carboxylic acids is 1. The molecule has 2 rings (SSSR count). The first-order chi connectivity index (χ1) is 9.94. The summed E-state index contributed by atoms with van der Waals surface area (Å²) < 4.78 is 26.0. The molecule has 0 aromatic carbocycles. The number of hydrogen-bond acceptors (Lipinski definition) is 5. The van der Waals surface area contributed by atoms with Gasteiger partial charge < -0.3 is 5.32 Å². The minimum atomic E-state index is -3.36. The van der Waals surface area contributed by atoms with Gasteiger partial charge in [-0.25, -0.2) is 13.4 Å². The summed E-state index contributed by atoms with van der Waals surface area (Å²) in [6.07, 6.45) is 2.80. The van der Waals surface area contributed by atoms with E-state index < -0.39 is 16.1 Å². The number of thiazole rings is 1. The van der Waals surface area contributed by atoms with Crippen LogP contribution in [-0.2, 0) is 14.8 Å². The predicted octanol–water partition coefficient (Wildman–Crippen LogP) is 1.98. The van der Waals surface area contributed by atoms with E-state index in [0.717, 1.165) is 18.5 Å². The first-order valence-electron chi connectivity index (χ1n) is 7.16. The number of carbonyl (C=O) groups is 1. The molecule has 1 atom stereocenters. The van der Waals surface area contributed by atoms with Crippen LogP contribution < -0.4 is 5.32 Å². The van der Waals surface area contributed by atoms with Crippen molar-refractivity contribution in [3.05, 3.63) is 11.1 Å². The Balaban J connectivity index is 2.12. The molecule has 1 N–H and O–H groups in total. The molecule has 8 heteroatoms. The SMILES string of the molecule is CCCS(=O)(=O)N1CCCCC1C(=O)Nc1nc(C)cs1. The normalized spacial score (nSPS) is 20.4. The lowest BCUT2D eigenvalue weighted by molar-refractivity contribution is -0.120. The van der Waals surface area contributed by atoms with E-state index >= 15 is 0 Å². The first-order valence-corrected chi connectivity index (χ1v) is 9.65. The van der Waals surface area contributed by atoms with Crippen molar-refractivity contribution in [1.29, 1.82) is 0 Å². The molecule has 118 valence electrons. The third kappa shape index (κ3) is 4.02. The quantitative estimate of drug-likeness (QED) is 0.895. The molecule has 0 bridgehead atoms. The van der Waals surface area contributed by atoms with Crippen LogP contribution in [0.2, 0.25) is 0 Å². The van der Waals surface area contributed by atoms with Gasteiger partial charge in [0.2, 0.25) is 15.9 Å².